The van der Waals surface area contributed by atoms with Crippen molar-refractivity contribution < 1.29 is 14.3 Å². The number of likely N-dealkylation sites (tertiary alicyclic amines) is 1. The second-order valence-corrected chi connectivity index (χ2v) is 6.76. The number of carbonyl (C=O) groups is 1. The van der Waals surface area contributed by atoms with E-state index in [1.54, 1.807) is 12.2 Å². The van der Waals surface area contributed by atoms with Crippen molar-refractivity contribution in [3.63, 3.8) is 0 Å². The SMILES string of the molecule is CC(C)N1CCC(CNC(=O)/C=C/c2ccc3c(c2)OCO3)CC1. The molecule has 0 unspecified atom stereocenters. The molecule has 1 N–H and O–H groups in total. The first-order valence-electron chi connectivity index (χ1n) is 8.71. The maximum atomic E-state index is 12.0. The van der Waals surface area contributed by atoms with Crippen LogP contribution in [0.3, 0.4) is 0 Å². The van der Waals surface area contributed by atoms with Crippen LogP contribution in [0.25, 0.3) is 6.08 Å². The molecule has 5 heteroatoms. The van der Waals surface area contributed by atoms with E-state index in [9.17, 15) is 4.79 Å². The molecule has 130 valence electrons. The molecular weight excluding hydrogens is 304 g/mol. The average Bonchev–Trinajstić information content (AvgIpc) is 3.06. The Kier molecular flexibility index (Phi) is 5.41. The van der Waals surface area contributed by atoms with Crippen LogP contribution >= 0.6 is 0 Å². The largest absolute Gasteiger partial charge is 0.454 e. The topological polar surface area (TPSA) is 50.8 Å². The Bertz CT molecular complexity index is 605. The minimum absolute atomic E-state index is 0.0426. The Morgan fingerprint density at radius 3 is 2.79 bits per heavy atom. The first-order valence-corrected chi connectivity index (χ1v) is 8.71. The minimum Gasteiger partial charge on any atom is -0.454 e. The number of benzene rings is 1. The minimum atomic E-state index is -0.0426. The van der Waals surface area contributed by atoms with Crippen molar-refractivity contribution >= 4 is 12.0 Å². The van der Waals surface area contributed by atoms with E-state index in [2.05, 4.69) is 24.1 Å². The zero-order valence-corrected chi connectivity index (χ0v) is 14.5. The lowest BCUT2D eigenvalue weighted by Crippen LogP contribution is -2.41. The van der Waals surface area contributed by atoms with E-state index in [-0.39, 0.29) is 12.7 Å². The van der Waals surface area contributed by atoms with Crippen LogP contribution < -0.4 is 14.8 Å². The Morgan fingerprint density at radius 2 is 2.04 bits per heavy atom. The smallest absolute Gasteiger partial charge is 0.244 e. The third-order valence-corrected chi connectivity index (χ3v) is 4.77. The quantitative estimate of drug-likeness (QED) is 0.844. The highest BCUT2D eigenvalue weighted by Crippen LogP contribution is 2.32. The van der Waals surface area contributed by atoms with Crippen molar-refractivity contribution in [2.75, 3.05) is 26.4 Å². The fourth-order valence-corrected chi connectivity index (χ4v) is 3.17. The van der Waals surface area contributed by atoms with Gasteiger partial charge in [-0.1, -0.05) is 6.07 Å². The van der Waals surface area contributed by atoms with Crippen LogP contribution in [-0.4, -0.2) is 43.3 Å². The van der Waals surface area contributed by atoms with Gasteiger partial charge in [0.1, 0.15) is 0 Å². The lowest BCUT2D eigenvalue weighted by Gasteiger charge is -2.34. The van der Waals surface area contributed by atoms with Crippen LogP contribution in [0, 0.1) is 5.92 Å². The molecule has 1 fully saturated rings. The van der Waals surface area contributed by atoms with Crippen LogP contribution in [0.15, 0.2) is 24.3 Å². The number of rotatable bonds is 5. The molecule has 3 rings (SSSR count). The van der Waals surface area contributed by atoms with Crippen molar-refractivity contribution in [3.8, 4) is 11.5 Å². The molecule has 0 atom stereocenters. The third kappa shape index (κ3) is 4.29. The number of ether oxygens (including phenoxy) is 2. The average molecular weight is 330 g/mol. The summed E-state index contributed by atoms with van der Waals surface area (Å²) in [4.78, 5) is 14.5. The highest BCUT2D eigenvalue weighted by Gasteiger charge is 2.20. The van der Waals surface area contributed by atoms with Gasteiger partial charge in [-0.2, -0.15) is 0 Å². The Morgan fingerprint density at radius 1 is 1.29 bits per heavy atom. The summed E-state index contributed by atoms with van der Waals surface area (Å²) in [7, 11) is 0. The zero-order chi connectivity index (χ0) is 16.9. The van der Waals surface area contributed by atoms with E-state index in [1.165, 1.54) is 0 Å². The molecule has 2 heterocycles. The number of piperidine rings is 1. The number of nitrogens with zero attached hydrogens (tertiary/aromatic N) is 1. The number of hydrogen-bond acceptors (Lipinski definition) is 4. The van der Waals surface area contributed by atoms with Gasteiger partial charge in [-0.05, 0) is 69.5 Å². The Balaban J connectivity index is 1.43. The number of carbonyl (C=O) groups excluding carboxylic acids is 1. The number of hydrogen-bond donors (Lipinski definition) is 1. The molecular formula is C19H26N2O3. The van der Waals surface area contributed by atoms with Crippen LogP contribution in [0.2, 0.25) is 0 Å². The summed E-state index contributed by atoms with van der Waals surface area (Å²) >= 11 is 0. The predicted octanol–water partition coefficient (Wildman–Crippen LogP) is 2.67. The first kappa shape index (κ1) is 16.8. The van der Waals surface area contributed by atoms with E-state index < -0.39 is 0 Å². The second-order valence-electron chi connectivity index (χ2n) is 6.76. The van der Waals surface area contributed by atoms with Gasteiger partial charge in [0.05, 0.1) is 0 Å². The van der Waals surface area contributed by atoms with Crippen molar-refractivity contribution in [1.29, 1.82) is 0 Å². The molecule has 0 radical (unpaired) electrons. The van der Waals surface area contributed by atoms with Gasteiger partial charge in [-0.25, -0.2) is 0 Å². The normalized spacial score (nSPS) is 18.5. The van der Waals surface area contributed by atoms with Crippen LogP contribution in [0.5, 0.6) is 11.5 Å². The van der Waals surface area contributed by atoms with Crippen molar-refractivity contribution in [3.05, 3.63) is 29.8 Å². The maximum absolute atomic E-state index is 12.0. The van der Waals surface area contributed by atoms with Gasteiger partial charge in [0.25, 0.3) is 0 Å². The van der Waals surface area contributed by atoms with Crippen LogP contribution in [0.4, 0.5) is 0 Å². The predicted molar refractivity (Wildman–Crippen MR) is 94.0 cm³/mol. The van der Waals surface area contributed by atoms with E-state index in [0.717, 1.165) is 49.5 Å². The Hall–Kier alpha value is -2.01. The van der Waals surface area contributed by atoms with E-state index in [0.29, 0.717) is 12.0 Å². The summed E-state index contributed by atoms with van der Waals surface area (Å²) in [6, 6.07) is 6.28. The summed E-state index contributed by atoms with van der Waals surface area (Å²) in [6.07, 6.45) is 5.70. The fourth-order valence-electron chi connectivity index (χ4n) is 3.17. The van der Waals surface area contributed by atoms with Crippen molar-refractivity contribution in [2.45, 2.75) is 32.7 Å². The molecule has 0 bridgehead atoms. The fraction of sp³-hybridized carbons (Fsp3) is 0.526. The summed E-state index contributed by atoms with van der Waals surface area (Å²) in [6.45, 7) is 7.76. The standard InChI is InChI=1S/C19H26N2O3/c1-14(2)21-9-7-16(8-10-21)12-20-19(22)6-4-15-3-5-17-18(11-15)24-13-23-17/h3-6,11,14,16H,7-10,12-13H2,1-2H3,(H,20,22)/b6-4+. The number of nitrogens with one attached hydrogen (secondary N) is 1. The molecule has 2 aliphatic rings. The Labute approximate surface area is 143 Å². The summed E-state index contributed by atoms with van der Waals surface area (Å²) in [5, 5.41) is 3.02. The number of fused-ring (bicyclic) bond motifs is 1. The molecule has 2 aliphatic heterocycles. The molecule has 1 amide bonds. The highest BCUT2D eigenvalue weighted by atomic mass is 16.7. The molecule has 0 spiro atoms. The van der Waals surface area contributed by atoms with Gasteiger partial charge in [0.2, 0.25) is 12.7 Å². The van der Waals surface area contributed by atoms with Gasteiger partial charge < -0.3 is 19.7 Å². The monoisotopic (exact) mass is 330 g/mol. The van der Waals surface area contributed by atoms with Gasteiger partial charge in [0, 0.05) is 18.7 Å². The molecule has 0 aliphatic carbocycles. The zero-order valence-electron chi connectivity index (χ0n) is 14.5. The molecule has 5 nitrogen and oxygen atoms in total. The lowest BCUT2D eigenvalue weighted by atomic mass is 9.96. The van der Waals surface area contributed by atoms with E-state index >= 15 is 0 Å². The molecule has 24 heavy (non-hydrogen) atoms. The van der Waals surface area contributed by atoms with E-state index in [1.807, 2.05) is 18.2 Å². The summed E-state index contributed by atoms with van der Waals surface area (Å²) in [5.74, 6) is 2.03. The lowest BCUT2D eigenvalue weighted by molar-refractivity contribution is -0.116. The van der Waals surface area contributed by atoms with Gasteiger partial charge >= 0.3 is 0 Å². The molecule has 1 aromatic carbocycles. The van der Waals surface area contributed by atoms with Gasteiger partial charge in [-0.3, -0.25) is 4.79 Å². The van der Waals surface area contributed by atoms with E-state index in [4.69, 9.17) is 9.47 Å². The molecule has 1 aromatic rings. The molecule has 0 aromatic heterocycles. The number of amides is 1. The highest BCUT2D eigenvalue weighted by molar-refractivity contribution is 5.91. The van der Waals surface area contributed by atoms with Crippen molar-refractivity contribution in [2.24, 2.45) is 5.92 Å². The van der Waals surface area contributed by atoms with Crippen LogP contribution in [0.1, 0.15) is 32.3 Å². The van der Waals surface area contributed by atoms with Gasteiger partial charge in [0.15, 0.2) is 11.5 Å². The molecule has 1 saturated heterocycles. The third-order valence-electron chi connectivity index (χ3n) is 4.77. The van der Waals surface area contributed by atoms with Crippen molar-refractivity contribution in [1.82, 2.24) is 10.2 Å². The summed E-state index contributed by atoms with van der Waals surface area (Å²) < 4.78 is 10.6. The summed E-state index contributed by atoms with van der Waals surface area (Å²) in [5.41, 5.74) is 0.930. The molecule has 0 saturated carbocycles. The van der Waals surface area contributed by atoms with Gasteiger partial charge in [-0.15, -0.1) is 0 Å². The second kappa shape index (κ2) is 7.71. The maximum Gasteiger partial charge on any atom is 0.244 e. The first-order chi connectivity index (χ1) is 11.6. The van der Waals surface area contributed by atoms with Crippen LogP contribution in [-0.2, 0) is 4.79 Å².